The molecule has 2 aromatic rings. The zero-order valence-electron chi connectivity index (χ0n) is 18.6. The van der Waals surface area contributed by atoms with Gasteiger partial charge in [0.1, 0.15) is 0 Å². The molecule has 1 aliphatic rings. The topological polar surface area (TPSA) is 92.8 Å². The Hall–Kier alpha value is -3.13. The first kappa shape index (κ1) is 24.5. The first-order chi connectivity index (χ1) is 15.9. The van der Waals surface area contributed by atoms with E-state index in [9.17, 15) is 18.0 Å². The number of sulfonamides is 1. The van der Waals surface area contributed by atoms with E-state index in [4.69, 9.17) is 4.74 Å². The van der Waals surface area contributed by atoms with Gasteiger partial charge in [-0.3, -0.25) is 9.10 Å². The minimum absolute atomic E-state index is 0.0504. The van der Waals surface area contributed by atoms with Crippen LogP contribution in [-0.4, -0.2) is 39.5 Å². The van der Waals surface area contributed by atoms with Crippen LogP contribution in [-0.2, 0) is 19.6 Å². The number of benzene rings is 2. The van der Waals surface area contributed by atoms with Crippen molar-refractivity contribution < 1.29 is 22.7 Å². The molecule has 0 aromatic heterocycles. The van der Waals surface area contributed by atoms with Crippen molar-refractivity contribution in [2.75, 3.05) is 17.5 Å². The van der Waals surface area contributed by atoms with Gasteiger partial charge in [0.05, 0.1) is 22.7 Å². The molecule has 2 aromatic carbocycles. The van der Waals surface area contributed by atoms with E-state index in [1.54, 1.807) is 30.3 Å². The Bertz CT molecular complexity index is 1060. The highest BCUT2D eigenvalue weighted by atomic mass is 32.2. The Morgan fingerprint density at radius 1 is 1.03 bits per heavy atom. The van der Waals surface area contributed by atoms with E-state index in [2.05, 4.69) is 11.9 Å². The maximum Gasteiger partial charge on any atom is 0.338 e. The van der Waals surface area contributed by atoms with Crippen LogP contribution in [0.3, 0.4) is 0 Å². The highest BCUT2D eigenvalue weighted by Gasteiger charge is 2.25. The van der Waals surface area contributed by atoms with Crippen LogP contribution < -0.4 is 9.62 Å². The predicted molar refractivity (Wildman–Crippen MR) is 128 cm³/mol. The summed E-state index contributed by atoms with van der Waals surface area (Å²) in [5.74, 6) is -1.10. The second-order valence-electron chi connectivity index (χ2n) is 8.02. The molecule has 7 nitrogen and oxygen atoms in total. The minimum atomic E-state index is -3.95. The highest BCUT2D eigenvalue weighted by Crippen LogP contribution is 2.24. The van der Waals surface area contributed by atoms with Crippen LogP contribution in [0.15, 0.2) is 72.1 Å². The number of ether oxygens (including phenoxy) is 1. The van der Waals surface area contributed by atoms with Crippen LogP contribution >= 0.6 is 0 Å². The summed E-state index contributed by atoms with van der Waals surface area (Å²) in [7, 11) is -3.95. The standard InChI is InChI=1S/C25H30N2O5S/c1-2-17-27(22-14-8-5-9-15-22)33(30,31)23-16-10-11-20(18-23)25(29)32-19-24(28)26-21-12-6-3-4-7-13-21/h2,5,8-11,14-16,18,21H,1,3-4,6-7,12-13,17,19H2,(H,26,28). The summed E-state index contributed by atoms with van der Waals surface area (Å²) in [6, 6.07) is 14.4. The third-order valence-corrected chi connectivity index (χ3v) is 7.34. The van der Waals surface area contributed by atoms with Gasteiger partial charge in [-0.1, -0.05) is 56.0 Å². The molecule has 0 spiro atoms. The van der Waals surface area contributed by atoms with Crippen molar-refractivity contribution in [3.8, 4) is 0 Å². The summed E-state index contributed by atoms with van der Waals surface area (Å²) in [4.78, 5) is 24.7. The number of hydrogen-bond donors (Lipinski definition) is 1. The lowest BCUT2D eigenvalue weighted by molar-refractivity contribution is -0.125. The summed E-state index contributed by atoms with van der Waals surface area (Å²) < 4.78 is 32.9. The monoisotopic (exact) mass is 470 g/mol. The van der Waals surface area contributed by atoms with Crippen molar-refractivity contribution in [3.05, 3.63) is 72.8 Å². The quantitative estimate of drug-likeness (QED) is 0.339. The first-order valence-corrected chi connectivity index (χ1v) is 12.6. The number of nitrogens with zero attached hydrogens (tertiary/aromatic N) is 1. The van der Waals surface area contributed by atoms with Crippen LogP contribution in [0.4, 0.5) is 5.69 Å². The smallest absolute Gasteiger partial charge is 0.338 e. The number of carbonyl (C=O) groups is 2. The molecule has 0 saturated heterocycles. The number of nitrogens with one attached hydrogen (secondary N) is 1. The maximum absolute atomic E-state index is 13.3. The number of esters is 1. The normalized spacial score (nSPS) is 14.7. The molecule has 0 bridgehead atoms. The van der Waals surface area contributed by atoms with E-state index < -0.39 is 22.6 Å². The number of amides is 1. The highest BCUT2D eigenvalue weighted by molar-refractivity contribution is 7.92. The summed E-state index contributed by atoms with van der Waals surface area (Å²) in [6.45, 7) is 3.32. The van der Waals surface area contributed by atoms with Crippen molar-refractivity contribution in [1.82, 2.24) is 5.32 Å². The summed E-state index contributed by atoms with van der Waals surface area (Å²) >= 11 is 0. The van der Waals surface area contributed by atoms with Gasteiger partial charge >= 0.3 is 5.97 Å². The molecule has 1 fully saturated rings. The maximum atomic E-state index is 13.3. The van der Waals surface area contributed by atoms with E-state index in [1.807, 2.05) is 0 Å². The second kappa shape index (κ2) is 11.7. The van der Waals surface area contributed by atoms with E-state index >= 15 is 0 Å². The van der Waals surface area contributed by atoms with Crippen molar-refractivity contribution >= 4 is 27.6 Å². The Morgan fingerprint density at radius 3 is 2.39 bits per heavy atom. The fourth-order valence-corrected chi connectivity index (χ4v) is 5.35. The molecule has 3 rings (SSSR count). The van der Waals surface area contributed by atoms with Gasteiger partial charge < -0.3 is 10.1 Å². The molecular formula is C25H30N2O5S. The molecule has 0 unspecified atom stereocenters. The summed E-state index contributed by atoms with van der Waals surface area (Å²) in [6.07, 6.45) is 7.87. The Balaban J connectivity index is 1.68. The largest absolute Gasteiger partial charge is 0.452 e. The van der Waals surface area contributed by atoms with Crippen molar-refractivity contribution in [1.29, 1.82) is 0 Å². The molecule has 0 aliphatic heterocycles. The third-order valence-electron chi connectivity index (χ3n) is 5.55. The van der Waals surface area contributed by atoms with Crippen LogP contribution in [0, 0.1) is 0 Å². The molecule has 1 saturated carbocycles. The van der Waals surface area contributed by atoms with Gasteiger partial charge in [-0.15, -0.1) is 6.58 Å². The first-order valence-electron chi connectivity index (χ1n) is 11.2. The van der Waals surface area contributed by atoms with Gasteiger partial charge in [-0.25, -0.2) is 13.2 Å². The van der Waals surface area contributed by atoms with Crippen LogP contribution in [0.2, 0.25) is 0 Å². The fourth-order valence-electron chi connectivity index (χ4n) is 3.87. The molecule has 33 heavy (non-hydrogen) atoms. The van der Waals surface area contributed by atoms with E-state index in [0.717, 1.165) is 25.7 Å². The van der Waals surface area contributed by atoms with Gasteiger partial charge in [0.15, 0.2) is 6.61 Å². The Labute approximate surface area is 195 Å². The average Bonchev–Trinajstić information content (AvgIpc) is 3.10. The average molecular weight is 471 g/mol. The van der Waals surface area contributed by atoms with E-state index in [0.29, 0.717) is 5.69 Å². The zero-order valence-corrected chi connectivity index (χ0v) is 19.4. The summed E-state index contributed by atoms with van der Waals surface area (Å²) in [5, 5.41) is 2.92. The fraction of sp³-hybridized carbons (Fsp3) is 0.360. The predicted octanol–water partition coefficient (Wildman–Crippen LogP) is 4.06. The molecular weight excluding hydrogens is 440 g/mol. The molecule has 8 heteroatoms. The lowest BCUT2D eigenvalue weighted by Gasteiger charge is -2.23. The number of anilines is 1. The number of para-hydroxylation sites is 1. The third kappa shape index (κ3) is 6.68. The molecule has 0 radical (unpaired) electrons. The summed E-state index contributed by atoms with van der Waals surface area (Å²) in [5.41, 5.74) is 0.547. The molecule has 0 atom stereocenters. The Morgan fingerprint density at radius 2 is 1.73 bits per heavy atom. The molecule has 1 amide bonds. The molecule has 176 valence electrons. The Kier molecular flexibility index (Phi) is 8.65. The second-order valence-corrected chi connectivity index (χ2v) is 9.88. The van der Waals surface area contributed by atoms with Gasteiger partial charge in [-0.2, -0.15) is 0 Å². The number of hydrogen-bond acceptors (Lipinski definition) is 5. The lowest BCUT2D eigenvalue weighted by Crippen LogP contribution is -2.37. The zero-order chi connectivity index (χ0) is 23.7. The molecule has 0 heterocycles. The molecule has 1 N–H and O–H groups in total. The van der Waals surface area contributed by atoms with E-state index in [-0.39, 0.29) is 29.0 Å². The number of rotatable bonds is 9. The number of carbonyl (C=O) groups excluding carboxylic acids is 2. The van der Waals surface area contributed by atoms with Crippen molar-refractivity contribution in [3.63, 3.8) is 0 Å². The molecule has 1 aliphatic carbocycles. The van der Waals surface area contributed by atoms with E-state index in [1.165, 1.54) is 47.5 Å². The van der Waals surface area contributed by atoms with Crippen LogP contribution in [0.5, 0.6) is 0 Å². The van der Waals surface area contributed by atoms with Crippen molar-refractivity contribution in [2.24, 2.45) is 0 Å². The van der Waals surface area contributed by atoms with Gasteiger partial charge in [0.25, 0.3) is 15.9 Å². The lowest BCUT2D eigenvalue weighted by atomic mass is 10.1. The van der Waals surface area contributed by atoms with Crippen LogP contribution in [0.1, 0.15) is 48.9 Å². The van der Waals surface area contributed by atoms with Gasteiger partial charge in [0, 0.05) is 6.04 Å². The SMILES string of the molecule is C=CCN(c1ccccc1)S(=O)(=O)c1cccc(C(=O)OCC(=O)NC2CCCCCC2)c1. The van der Waals surface area contributed by atoms with Crippen molar-refractivity contribution in [2.45, 2.75) is 49.5 Å². The minimum Gasteiger partial charge on any atom is -0.452 e. The van der Waals surface area contributed by atoms with Gasteiger partial charge in [-0.05, 0) is 43.2 Å². The van der Waals surface area contributed by atoms with Crippen LogP contribution in [0.25, 0.3) is 0 Å². The van der Waals surface area contributed by atoms with Gasteiger partial charge in [0.2, 0.25) is 0 Å².